The summed E-state index contributed by atoms with van der Waals surface area (Å²) in [6.45, 7) is 0. The van der Waals surface area contributed by atoms with Crippen molar-refractivity contribution in [2.75, 3.05) is 5.43 Å². The quantitative estimate of drug-likeness (QED) is 0.400. The fourth-order valence-electron chi connectivity index (χ4n) is 2.18. The fraction of sp³-hybridized carbons (Fsp3) is 0.0588. The van der Waals surface area contributed by atoms with Gasteiger partial charge in [0.25, 0.3) is 0 Å². The lowest BCUT2D eigenvalue weighted by Gasteiger charge is -2.12. The van der Waals surface area contributed by atoms with Crippen LogP contribution in [-0.4, -0.2) is 16.3 Å². The molecular weight excluding hydrogens is 431 g/mol. The molecule has 0 saturated heterocycles. The van der Waals surface area contributed by atoms with Crippen LogP contribution in [0.2, 0.25) is 0 Å². The molecule has 0 radical (unpaired) electrons. The molecule has 0 atom stereocenters. The Hall–Kier alpha value is -2.39. The van der Waals surface area contributed by atoms with Crippen molar-refractivity contribution in [3.05, 3.63) is 63.4 Å². The van der Waals surface area contributed by atoms with Crippen molar-refractivity contribution in [3.8, 4) is 17.0 Å². The van der Waals surface area contributed by atoms with E-state index in [0.717, 1.165) is 29.6 Å². The second-order valence-electron chi connectivity index (χ2n) is 5.13. The smallest absolute Gasteiger partial charge is 0.417 e. The zero-order valence-electron chi connectivity index (χ0n) is 13.0. The molecule has 2 aromatic carbocycles. The Morgan fingerprint density at radius 3 is 2.58 bits per heavy atom. The van der Waals surface area contributed by atoms with Crippen molar-refractivity contribution in [3.63, 3.8) is 0 Å². The maximum absolute atomic E-state index is 13.1. The van der Waals surface area contributed by atoms with Gasteiger partial charge in [0.2, 0.25) is 5.13 Å². The first-order chi connectivity index (χ1) is 12.4. The van der Waals surface area contributed by atoms with E-state index in [1.165, 1.54) is 11.3 Å². The molecular formula is C17H11BrF3N3OS. The van der Waals surface area contributed by atoms with E-state index in [-0.39, 0.29) is 4.47 Å². The van der Waals surface area contributed by atoms with Gasteiger partial charge in [0.1, 0.15) is 5.75 Å². The van der Waals surface area contributed by atoms with E-state index in [0.29, 0.717) is 5.13 Å². The van der Waals surface area contributed by atoms with Gasteiger partial charge in [-0.15, -0.1) is 11.3 Å². The summed E-state index contributed by atoms with van der Waals surface area (Å²) in [6, 6.07) is 11.5. The number of hydrazone groups is 1. The number of aromatic nitrogens is 1. The standard InChI is InChI=1S/C17H11BrF3N3OS/c18-13-7-6-12(17(19,20)21)11(15(13)25)8-22-24-16-23-14(9-26-16)10-4-2-1-3-5-10/h1-9,25H,(H,23,24). The van der Waals surface area contributed by atoms with Crippen LogP contribution >= 0.6 is 27.3 Å². The number of hydrogen-bond acceptors (Lipinski definition) is 5. The first kappa shape index (κ1) is 18.4. The number of benzene rings is 2. The van der Waals surface area contributed by atoms with E-state index < -0.39 is 23.1 Å². The van der Waals surface area contributed by atoms with Crippen LogP contribution in [0.1, 0.15) is 11.1 Å². The normalized spacial score (nSPS) is 11.8. The number of halogens is 4. The van der Waals surface area contributed by atoms with Crippen molar-refractivity contribution in [2.45, 2.75) is 6.18 Å². The van der Waals surface area contributed by atoms with E-state index >= 15 is 0 Å². The third-order valence-electron chi connectivity index (χ3n) is 3.40. The van der Waals surface area contributed by atoms with E-state index in [4.69, 9.17) is 0 Å². The molecule has 3 rings (SSSR count). The fourth-order valence-corrected chi connectivity index (χ4v) is 3.19. The predicted molar refractivity (Wildman–Crippen MR) is 99.6 cm³/mol. The molecule has 3 aromatic rings. The van der Waals surface area contributed by atoms with Crippen LogP contribution < -0.4 is 5.43 Å². The van der Waals surface area contributed by atoms with Gasteiger partial charge in [0.15, 0.2) is 0 Å². The highest BCUT2D eigenvalue weighted by Gasteiger charge is 2.34. The van der Waals surface area contributed by atoms with Gasteiger partial charge in [-0.3, -0.25) is 5.43 Å². The molecule has 1 heterocycles. The summed E-state index contributed by atoms with van der Waals surface area (Å²) in [5.74, 6) is -0.533. The predicted octanol–water partition coefficient (Wildman–Crippen LogP) is 5.74. The zero-order valence-corrected chi connectivity index (χ0v) is 15.4. The summed E-state index contributed by atoms with van der Waals surface area (Å²) in [6.07, 6.45) is -3.69. The van der Waals surface area contributed by atoms with Crippen LogP contribution in [0, 0.1) is 0 Å². The van der Waals surface area contributed by atoms with Crippen molar-refractivity contribution in [1.29, 1.82) is 0 Å². The van der Waals surface area contributed by atoms with E-state index in [9.17, 15) is 18.3 Å². The summed E-state index contributed by atoms with van der Waals surface area (Å²) in [5, 5.41) is 15.9. The van der Waals surface area contributed by atoms with Crippen molar-refractivity contribution in [2.24, 2.45) is 5.10 Å². The van der Waals surface area contributed by atoms with Gasteiger partial charge >= 0.3 is 6.18 Å². The molecule has 0 aliphatic rings. The Bertz CT molecular complexity index is 942. The number of phenolic OH excluding ortho intramolecular Hbond substituents is 1. The molecule has 0 spiro atoms. The second kappa shape index (κ2) is 7.46. The number of rotatable bonds is 4. The third kappa shape index (κ3) is 4.05. The average Bonchev–Trinajstić information content (AvgIpc) is 3.07. The highest BCUT2D eigenvalue weighted by atomic mass is 79.9. The molecule has 0 fully saturated rings. The number of aromatic hydroxyl groups is 1. The minimum absolute atomic E-state index is 0.146. The first-order valence-corrected chi connectivity index (χ1v) is 8.92. The molecule has 134 valence electrons. The van der Waals surface area contributed by atoms with Gasteiger partial charge < -0.3 is 5.11 Å². The van der Waals surface area contributed by atoms with Crippen molar-refractivity contribution < 1.29 is 18.3 Å². The minimum Gasteiger partial charge on any atom is -0.506 e. The van der Waals surface area contributed by atoms with Gasteiger partial charge in [-0.25, -0.2) is 4.98 Å². The van der Waals surface area contributed by atoms with Crippen molar-refractivity contribution >= 4 is 38.6 Å². The maximum atomic E-state index is 13.1. The monoisotopic (exact) mass is 441 g/mol. The number of anilines is 1. The molecule has 1 aromatic heterocycles. The van der Waals surface area contributed by atoms with Crippen LogP contribution in [0.5, 0.6) is 5.75 Å². The number of hydrogen-bond donors (Lipinski definition) is 2. The number of phenols is 1. The lowest BCUT2D eigenvalue weighted by atomic mass is 10.1. The first-order valence-electron chi connectivity index (χ1n) is 7.25. The zero-order chi connectivity index (χ0) is 18.7. The van der Waals surface area contributed by atoms with Crippen LogP contribution in [0.15, 0.2) is 57.4 Å². The minimum atomic E-state index is -4.61. The summed E-state index contributed by atoms with van der Waals surface area (Å²) in [5.41, 5.74) is 2.83. The number of thiazole rings is 1. The van der Waals surface area contributed by atoms with Crippen LogP contribution in [-0.2, 0) is 6.18 Å². The third-order valence-corrected chi connectivity index (χ3v) is 4.79. The summed E-state index contributed by atoms with van der Waals surface area (Å²) in [7, 11) is 0. The molecule has 0 aliphatic heterocycles. The number of nitrogens with zero attached hydrogens (tertiary/aromatic N) is 2. The Labute approximate surface area is 159 Å². The lowest BCUT2D eigenvalue weighted by Crippen LogP contribution is -2.09. The topological polar surface area (TPSA) is 57.5 Å². The van der Waals surface area contributed by atoms with Crippen LogP contribution in [0.4, 0.5) is 18.3 Å². The van der Waals surface area contributed by atoms with Gasteiger partial charge in [0.05, 0.1) is 21.9 Å². The summed E-state index contributed by atoms with van der Waals surface area (Å²) in [4.78, 5) is 4.32. The highest BCUT2D eigenvalue weighted by molar-refractivity contribution is 9.10. The Morgan fingerprint density at radius 1 is 1.15 bits per heavy atom. The Morgan fingerprint density at radius 2 is 1.88 bits per heavy atom. The molecule has 0 unspecified atom stereocenters. The lowest BCUT2D eigenvalue weighted by molar-refractivity contribution is -0.137. The van der Waals surface area contributed by atoms with Crippen LogP contribution in [0.25, 0.3) is 11.3 Å². The van der Waals surface area contributed by atoms with Gasteiger partial charge in [-0.1, -0.05) is 30.3 Å². The van der Waals surface area contributed by atoms with Gasteiger partial charge in [-0.05, 0) is 28.1 Å². The SMILES string of the molecule is Oc1c(Br)ccc(C(F)(F)F)c1C=NNc1nc(-c2ccccc2)cs1. The van der Waals surface area contributed by atoms with Gasteiger partial charge in [0, 0.05) is 16.5 Å². The Kier molecular flexibility index (Phi) is 5.28. The molecule has 0 bridgehead atoms. The van der Waals surface area contributed by atoms with Gasteiger partial charge in [-0.2, -0.15) is 18.3 Å². The molecule has 0 saturated carbocycles. The number of alkyl halides is 3. The molecule has 4 nitrogen and oxygen atoms in total. The molecule has 2 N–H and O–H groups in total. The van der Waals surface area contributed by atoms with E-state index in [2.05, 4.69) is 31.4 Å². The molecule has 0 amide bonds. The molecule has 9 heteroatoms. The average molecular weight is 442 g/mol. The van der Waals surface area contributed by atoms with Crippen molar-refractivity contribution in [1.82, 2.24) is 4.98 Å². The largest absolute Gasteiger partial charge is 0.506 e. The molecule has 0 aliphatic carbocycles. The van der Waals surface area contributed by atoms with E-state index in [1.54, 1.807) is 0 Å². The maximum Gasteiger partial charge on any atom is 0.417 e. The number of nitrogens with one attached hydrogen (secondary N) is 1. The highest BCUT2D eigenvalue weighted by Crippen LogP contribution is 2.38. The molecule has 26 heavy (non-hydrogen) atoms. The van der Waals surface area contributed by atoms with Crippen LogP contribution in [0.3, 0.4) is 0 Å². The second-order valence-corrected chi connectivity index (χ2v) is 6.84. The van der Waals surface area contributed by atoms with E-state index in [1.807, 2.05) is 35.7 Å². The summed E-state index contributed by atoms with van der Waals surface area (Å²) >= 11 is 4.27. The Balaban J connectivity index is 1.82. The summed E-state index contributed by atoms with van der Waals surface area (Å²) < 4.78 is 39.4.